The van der Waals surface area contributed by atoms with Gasteiger partial charge in [0.15, 0.2) is 0 Å². The summed E-state index contributed by atoms with van der Waals surface area (Å²) >= 11 is 1.95. The van der Waals surface area contributed by atoms with E-state index in [1.807, 2.05) is 23.5 Å². The number of hydrogen-bond donors (Lipinski definition) is 0. The second-order valence-corrected chi connectivity index (χ2v) is 15.6. The van der Waals surface area contributed by atoms with Crippen LogP contribution in [0.3, 0.4) is 0 Å². The van der Waals surface area contributed by atoms with Gasteiger partial charge in [-0.05, 0) is 87.0 Å². The Morgan fingerprint density at radius 1 is 0.510 bits per heavy atom. The van der Waals surface area contributed by atoms with Crippen molar-refractivity contribution in [3.05, 3.63) is 151 Å². The maximum Gasteiger partial charge on any atom is 0.137 e. The van der Waals surface area contributed by atoms with Gasteiger partial charge in [0.05, 0.1) is 0 Å². The van der Waals surface area contributed by atoms with Crippen molar-refractivity contribution in [1.82, 2.24) is 0 Å². The van der Waals surface area contributed by atoms with E-state index in [1.54, 1.807) is 0 Å². The van der Waals surface area contributed by atoms with E-state index in [4.69, 9.17) is 4.42 Å². The molecule has 0 amide bonds. The molecule has 0 fully saturated rings. The van der Waals surface area contributed by atoms with E-state index < -0.39 is 0 Å². The molecule has 7 aromatic carbocycles. The third-order valence-electron chi connectivity index (χ3n) is 11.6. The van der Waals surface area contributed by atoms with E-state index in [9.17, 15) is 0 Å². The molecular weight excluding hydrogens is 615 g/mol. The van der Waals surface area contributed by atoms with Crippen LogP contribution in [0.1, 0.15) is 38.8 Å². The zero-order chi connectivity index (χ0) is 33.1. The van der Waals surface area contributed by atoms with Crippen molar-refractivity contribution >= 4 is 81.3 Å². The van der Waals surface area contributed by atoms with E-state index in [0.29, 0.717) is 0 Å². The fourth-order valence-corrected chi connectivity index (χ4v) is 9.89. The third-order valence-corrected chi connectivity index (χ3v) is 12.8. The van der Waals surface area contributed by atoms with Gasteiger partial charge in [0.2, 0.25) is 0 Å². The first-order valence-electron chi connectivity index (χ1n) is 17.1. The molecule has 10 rings (SSSR count). The minimum atomic E-state index is -0.0965. The van der Waals surface area contributed by atoms with Crippen molar-refractivity contribution in [2.45, 2.75) is 38.5 Å². The number of nitrogens with zero attached hydrogens (tertiary/aromatic N) is 1. The van der Waals surface area contributed by atoms with E-state index in [1.165, 1.54) is 53.2 Å². The fraction of sp³-hybridized carbons (Fsp3) is 0.130. The van der Waals surface area contributed by atoms with Crippen LogP contribution < -0.4 is 4.90 Å². The first-order valence-corrected chi connectivity index (χ1v) is 17.9. The lowest BCUT2D eigenvalue weighted by atomic mass is 9.55. The molecule has 0 saturated carbocycles. The van der Waals surface area contributed by atoms with Crippen LogP contribution in [-0.4, -0.2) is 0 Å². The number of fused-ring (bicyclic) bond motifs is 13. The van der Waals surface area contributed by atoms with Crippen molar-refractivity contribution in [3.8, 4) is 11.1 Å². The molecule has 0 radical (unpaired) electrons. The van der Waals surface area contributed by atoms with Crippen LogP contribution in [0.2, 0.25) is 0 Å². The average molecular weight is 650 g/mol. The second kappa shape index (κ2) is 10.1. The Labute approximate surface area is 289 Å². The molecule has 9 aromatic rings. The lowest BCUT2D eigenvalue weighted by Gasteiger charge is -2.48. The number of rotatable bonds is 3. The average Bonchev–Trinajstić information content (AvgIpc) is 3.69. The zero-order valence-electron chi connectivity index (χ0n) is 28.0. The maximum absolute atomic E-state index is 6.37. The quantitative estimate of drug-likeness (QED) is 0.189. The highest BCUT2D eigenvalue weighted by Crippen LogP contribution is 2.59. The van der Waals surface area contributed by atoms with Gasteiger partial charge in [-0.25, -0.2) is 0 Å². The van der Waals surface area contributed by atoms with E-state index >= 15 is 0 Å². The summed E-state index contributed by atoms with van der Waals surface area (Å²) in [6.07, 6.45) is 0. The summed E-state index contributed by atoms with van der Waals surface area (Å²) in [5, 5.41) is 7.59. The summed E-state index contributed by atoms with van der Waals surface area (Å²) in [6, 6.07) is 50.8. The van der Waals surface area contributed by atoms with Gasteiger partial charge >= 0.3 is 0 Å². The van der Waals surface area contributed by atoms with Gasteiger partial charge in [-0.1, -0.05) is 113 Å². The molecule has 0 saturated heterocycles. The van der Waals surface area contributed by atoms with Crippen molar-refractivity contribution < 1.29 is 4.42 Å². The summed E-state index contributed by atoms with van der Waals surface area (Å²) in [7, 11) is 0. The molecule has 1 aliphatic rings. The van der Waals surface area contributed by atoms with Gasteiger partial charge in [0.1, 0.15) is 11.2 Å². The summed E-state index contributed by atoms with van der Waals surface area (Å²) in [6.45, 7) is 9.77. The molecule has 2 heterocycles. The Hall–Kier alpha value is -5.38. The van der Waals surface area contributed by atoms with Crippen molar-refractivity contribution in [2.75, 3.05) is 4.90 Å². The monoisotopic (exact) mass is 649 g/mol. The van der Waals surface area contributed by atoms with Crippen LogP contribution in [0, 0.1) is 0 Å². The number of furan rings is 1. The Bertz CT molecular complexity index is 2780. The molecule has 0 bridgehead atoms. The minimum Gasteiger partial charge on any atom is -0.456 e. The van der Waals surface area contributed by atoms with Gasteiger partial charge in [-0.15, -0.1) is 11.3 Å². The van der Waals surface area contributed by atoms with Gasteiger partial charge in [-0.2, -0.15) is 0 Å². The van der Waals surface area contributed by atoms with Gasteiger partial charge in [-0.3, -0.25) is 0 Å². The van der Waals surface area contributed by atoms with Crippen LogP contribution >= 0.6 is 11.3 Å². The van der Waals surface area contributed by atoms with Crippen LogP contribution in [-0.2, 0) is 10.8 Å². The molecule has 0 N–H and O–H groups in total. The summed E-state index contributed by atoms with van der Waals surface area (Å²) in [5.41, 5.74) is 10.6. The topological polar surface area (TPSA) is 16.4 Å². The number of anilines is 3. The molecule has 0 unspecified atom stereocenters. The van der Waals surface area contributed by atoms with E-state index in [0.717, 1.165) is 39.0 Å². The molecule has 49 heavy (non-hydrogen) atoms. The number of para-hydroxylation sites is 2. The third kappa shape index (κ3) is 3.88. The number of benzene rings is 7. The highest BCUT2D eigenvalue weighted by molar-refractivity contribution is 7.26. The molecular formula is C46H35NOS. The maximum atomic E-state index is 6.37. The standard InChI is InChI=1S/C46H35NOS/c1-45(2)37-20-12-10-19-35(37)41-33-17-8-9-18-34(33)42-36-26-29(23-25-40(36)49-44(42)43(41)46(45,3)4)47(28-14-6-5-7-15-28)30-22-24-32-31-16-11-13-21-38(31)48-39(32)27-30/h5-27H,1-4H3. The highest BCUT2D eigenvalue weighted by atomic mass is 32.1. The largest absolute Gasteiger partial charge is 0.456 e. The van der Waals surface area contributed by atoms with Crippen molar-refractivity contribution in [1.29, 1.82) is 0 Å². The van der Waals surface area contributed by atoms with Crippen molar-refractivity contribution in [3.63, 3.8) is 0 Å². The number of thiophene rings is 1. The van der Waals surface area contributed by atoms with Crippen molar-refractivity contribution in [2.24, 2.45) is 0 Å². The molecule has 0 aliphatic heterocycles. The van der Waals surface area contributed by atoms with E-state index in [2.05, 4.69) is 160 Å². The van der Waals surface area contributed by atoms with Crippen LogP contribution in [0.25, 0.3) is 64.0 Å². The van der Waals surface area contributed by atoms with Gasteiger partial charge < -0.3 is 9.32 Å². The molecule has 2 aromatic heterocycles. The van der Waals surface area contributed by atoms with Crippen LogP contribution in [0.4, 0.5) is 17.1 Å². The highest BCUT2D eigenvalue weighted by Gasteiger charge is 2.47. The summed E-state index contributed by atoms with van der Waals surface area (Å²) in [4.78, 5) is 2.36. The predicted molar refractivity (Wildman–Crippen MR) is 210 cm³/mol. The molecule has 3 heteroatoms. The second-order valence-electron chi connectivity index (χ2n) is 14.5. The minimum absolute atomic E-state index is 0.0489. The molecule has 236 valence electrons. The lowest BCUT2D eigenvalue weighted by Crippen LogP contribution is -2.43. The Balaban J connectivity index is 1.27. The zero-order valence-corrected chi connectivity index (χ0v) is 28.9. The first kappa shape index (κ1) is 28.6. The Morgan fingerprint density at radius 2 is 1.16 bits per heavy atom. The number of hydrogen-bond acceptors (Lipinski definition) is 3. The summed E-state index contributed by atoms with van der Waals surface area (Å²) in [5.74, 6) is 0. The molecule has 0 spiro atoms. The lowest BCUT2D eigenvalue weighted by molar-refractivity contribution is 0.302. The predicted octanol–water partition coefficient (Wildman–Crippen LogP) is 13.8. The Morgan fingerprint density at radius 3 is 2.00 bits per heavy atom. The molecule has 1 aliphatic carbocycles. The van der Waals surface area contributed by atoms with Gasteiger partial charge in [0, 0.05) is 59.5 Å². The Kier molecular flexibility index (Phi) is 5.88. The van der Waals surface area contributed by atoms with Crippen LogP contribution in [0.15, 0.2) is 144 Å². The molecule has 2 nitrogen and oxygen atoms in total. The fourth-order valence-electron chi connectivity index (χ4n) is 8.48. The molecule has 0 atom stereocenters. The SMILES string of the molecule is CC1(C)c2ccccc2-c2c(c3sc4ccc(N(c5ccccc5)c5ccc6c(c5)oc5ccccc56)cc4c3c3ccccc23)C1(C)C. The van der Waals surface area contributed by atoms with E-state index in [-0.39, 0.29) is 10.8 Å². The smallest absolute Gasteiger partial charge is 0.137 e. The normalized spacial score (nSPS) is 14.9. The first-order chi connectivity index (χ1) is 23.8. The summed E-state index contributed by atoms with van der Waals surface area (Å²) < 4.78 is 9.08. The van der Waals surface area contributed by atoms with Crippen LogP contribution in [0.5, 0.6) is 0 Å². The van der Waals surface area contributed by atoms with Gasteiger partial charge in [0.25, 0.3) is 0 Å².